The molecule has 1 unspecified atom stereocenters. The van der Waals surface area contributed by atoms with Crippen LogP contribution in [0.25, 0.3) is 11.0 Å². The largest absolute Gasteiger partial charge is 0.378 e. The Hall–Kier alpha value is -2.15. The van der Waals surface area contributed by atoms with Gasteiger partial charge in [0.05, 0.1) is 11.9 Å². The van der Waals surface area contributed by atoms with Crippen LogP contribution in [0.3, 0.4) is 0 Å². The van der Waals surface area contributed by atoms with Gasteiger partial charge in [0.1, 0.15) is 17.8 Å². The molecule has 0 radical (unpaired) electrons. The molecule has 3 rings (SSSR count). The first-order valence-corrected chi connectivity index (χ1v) is 5.65. The van der Waals surface area contributed by atoms with Crippen molar-refractivity contribution in [3.63, 3.8) is 0 Å². The van der Waals surface area contributed by atoms with Gasteiger partial charge in [0.25, 0.3) is 5.91 Å². The average molecular weight is 247 g/mol. The van der Waals surface area contributed by atoms with E-state index in [0.717, 1.165) is 11.0 Å². The zero-order valence-electron chi connectivity index (χ0n) is 9.63. The number of primary amides is 1. The number of aromatic nitrogens is 3. The van der Waals surface area contributed by atoms with Gasteiger partial charge in [-0.05, 0) is 6.07 Å². The molecule has 94 valence electrons. The maximum atomic E-state index is 11.2. The number of fused-ring (bicyclic) bond motifs is 1. The number of aromatic amines is 1. The molecule has 0 saturated carbocycles. The number of carbonyl (C=O) groups is 1. The highest BCUT2D eigenvalue weighted by atomic mass is 16.3. The number of β-amino-alcohol motifs (C(OH)–C–C–N with tert-alkyl or cyclic N) is 1. The van der Waals surface area contributed by atoms with Gasteiger partial charge >= 0.3 is 0 Å². The van der Waals surface area contributed by atoms with E-state index in [4.69, 9.17) is 5.73 Å². The van der Waals surface area contributed by atoms with Crippen molar-refractivity contribution in [2.24, 2.45) is 5.73 Å². The molecule has 2 aromatic heterocycles. The van der Waals surface area contributed by atoms with Crippen molar-refractivity contribution in [2.45, 2.75) is 12.0 Å². The number of aliphatic hydroxyl groups is 1. The molecule has 0 aromatic carbocycles. The van der Waals surface area contributed by atoms with Gasteiger partial charge in [-0.15, -0.1) is 0 Å². The Morgan fingerprint density at radius 2 is 2.39 bits per heavy atom. The molecule has 7 nitrogen and oxygen atoms in total. The Bertz CT molecular complexity index is 610. The number of hydrogen-bond donors (Lipinski definition) is 3. The molecule has 1 atom stereocenters. The molecular formula is C11H13N5O2. The smallest absolute Gasteiger partial charge is 0.251 e. The molecule has 0 aliphatic carbocycles. The van der Waals surface area contributed by atoms with Crippen molar-refractivity contribution in [1.29, 1.82) is 0 Å². The Morgan fingerprint density at radius 1 is 1.56 bits per heavy atom. The van der Waals surface area contributed by atoms with E-state index in [1.165, 1.54) is 6.33 Å². The summed E-state index contributed by atoms with van der Waals surface area (Å²) in [5, 5.41) is 10.9. The maximum Gasteiger partial charge on any atom is 0.251 e. The highest BCUT2D eigenvalue weighted by molar-refractivity contribution is 5.89. The van der Waals surface area contributed by atoms with Gasteiger partial charge in [0, 0.05) is 19.2 Å². The SMILES string of the molecule is NC(=O)C1(O)CCN(c2ncnc3[nH]ccc23)C1. The highest BCUT2D eigenvalue weighted by Gasteiger charge is 2.42. The number of carbonyl (C=O) groups excluding carboxylic acids is 1. The first-order valence-electron chi connectivity index (χ1n) is 5.65. The standard InChI is InChI=1S/C11H13N5O2/c12-10(17)11(18)2-4-16(5-11)9-7-1-3-13-8(7)14-6-15-9/h1,3,6,18H,2,4-5H2,(H2,12,17)(H,13,14,15). The summed E-state index contributed by atoms with van der Waals surface area (Å²) in [6.07, 6.45) is 3.55. The summed E-state index contributed by atoms with van der Waals surface area (Å²) in [6, 6.07) is 1.87. The molecule has 0 spiro atoms. The van der Waals surface area contributed by atoms with E-state index in [-0.39, 0.29) is 6.54 Å². The van der Waals surface area contributed by atoms with Crippen LogP contribution in [0.2, 0.25) is 0 Å². The zero-order chi connectivity index (χ0) is 12.8. The summed E-state index contributed by atoms with van der Waals surface area (Å²) in [5.41, 5.74) is 4.48. The fourth-order valence-electron chi connectivity index (χ4n) is 2.29. The molecule has 3 heterocycles. The van der Waals surface area contributed by atoms with E-state index in [1.807, 2.05) is 11.0 Å². The van der Waals surface area contributed by atoms with Crippen molar-refractivity contribution in [2.75, 3.05) is 18.0 Å². The number of anilines is 1. The Labute approximate surface area is 103 Å². The fraction of sp³-hybridized carbons (Fsp3) is 0.364. The monoisotopic (exact) mass is 247 g/mol. The van der Waals surface area contributed by atoms with Crippen LogP contribution in [-0.4, -0.2) is 44.7 Å². The van der Waals surface area contributed by atoms with Gasteiger partial charge < -0.3 is 20.7 Å². The Balaban J connectivity index is 1.98. The third-order valence-corrected chi connectivity index (χ3v) is 3.34. The summed E-state index contributed by atoms with van der Waals surface area (Å²) in [6.45, 7) is 0.705. The normalized spacial score (nSPS) is 23.7. The van der Waals surface area contributed by atoms with Gasteiger partial charge in [-0.1, -0.05) is 0 Å². The summed E-state index contributed by atoms with van der Waals surface area (Å²) < 4.78 is 0. The van der Waals surface area contributed by atoms with E-state index in [2.05, 4.69) is 15.0 Å². The molecule has 1 fully saturated rings. The van der Waals surface area contributed by atoms with Gasteiger partial charge in [0.2, 0.25) is 0 Å². The first kappa shape index (κ1) is 11.0. The van der Waals surface area contributed by atoms with Gasteiger partial charge in [-0.3, -0.25) is 4.79 Å². The topological polar surface area (TPSA) is 108 Å². The summed E-state index contributed by atoms with van der Waals surface area (Å²) in [4.78, 5) is 24.4. The van der Waals surface area contributed by atoms with Gasteiger partial charge in [0.15, 0.2) is 5.60 Å². The highest BCUT2D eigenvalue weighted by Crippen LogP contribution is 2.29. The number of H-pyrrole nitrogens is 1. The van der Waals surface area contributed by atoms with Crippen molar-refractivity contribution >= 4 is 22.8 Å². The van der Waals surface area contributed by atoms with E-state index < -0.39 is 11.5 Å². The molecular weight excluding hydrogens is 234 g/mol. The lowest BCUT2D eigenvalue weighted by atomic mass is 10.0. The molecule has 4 N–H and O–H groups in total. The Morgan fingerprint density at radius 3 is 3.11 bits per heavy atom. The lowest BCUT2D eigenvalue weighted by Gasteiger charge is -2.21. The fourth-order valence-corrected chi connectivity index (χ4v) is 2.29. The number of nitrogens with zero attached hydrogens (tertiary/aromatic N) is 3. The van der Waals surface area contributed by atoms with Crippen LogP contribution in [0.5, 0.6) is 0 Å². The van der Waals surface area contributed by atoms with Gasteiger partial charge in [-0.25, -0.2) is 9.97 Å². The third kappa shape index (κ3) is 1.52. The van der Waals surface area contributed by atoms with Crippen molar-refractivity contribution in [1.82, 2.24) is 15.0 Å². The number of rotatable bonds is 2. The third-order valence-electron chi connectivity index (χ3n) is 3.34. The van der Waals surface area contributed by atoms with Crippen LogP contribution in [0.4, 0.5) is 5.82 Å². The molecule has 2 aromatic rings. The second-order valence-corrected chi connectivity index (χ2v) is 4.50. The molecule has 18 heavy (non-hydrogen) atoms. The van der Waals surface area contributed by atoms with Crippen LogP contribution in [0, 0.1) is 0 Å². The van der Waals surface area contributed by atoms with Crippen LogP contribution in [0.15, 0.2) is 18.6 Å². The summed E-state index contributed by atoms with van der Waals surface area (Å²) in [5.74, 6) is 0.0165. The molecule has 1 saturated heterocycles. The number of hydrogen-bond acceptors (Lipinski definition) is 5. The number of amides is 1. The van der Waals surface area contributed by atoms with E-state index >= 15 is 0 Å². The van der Waals surface area contributed by atoms with Crippen molar-refractivity contribution in [3.8, 4) is 0 Å². The molecule has 0 bridgehead atoms. The lowest BCUT2D eigenvalue weighted by Crippen LogP contribution is -2.46. The second-order valence-electron chi connectivity index (χ2n) is 4.50. The lowest BCUT2D eigenvalue weighted by molar-refractivity contribution is -0.134. The predicted octanol–water partition coefficient (Wildman–Crippen LogP) is -0.616. The summed E-state index contributed by atoms with van der Waals surface area (Å²) >= 11 is 0. The van der Waals surface area contributed by atoms with Crippen LogP contribution < -0.4 is 10.6 Å². The van der Waals surface area contributed by atoms with E-state index in [9.17, 15) is 9.90 Å². The number of nitrogens with two attached hydrogens (primary N) is 1. The Kier molecular flexibility index (Phi) is 2.24. The van der Waals surface area contributed by atoms with Crippen molar-refractivity contribution in [3.05, 3.63) is 18.6 Å². The average Bonchev–Trinajstić information content (AvgIpc) is 2.95. The second kappa shape index (κ2) is 3.67. The summed E-state index contributed by atoms with van der Waals surface area (Å²) in [7, 11) is 0. The van der Waals surface area contributed by atoms with E-state index in [1.54, 1.807) is 6.20 Å². The minimum Gasteiger partial charge on any atom is -0.378 e. The quantitative estimate of drug-likeness (QED) is 0.655. The van der Waals surface area contributed by atoms with Crippen LogP contribution in [-0.2, 0) is 4.79 Å². The van der Waals surface area contributed by atoms with Crippen molar-refractivity contribution < 1.29 is 9.90 Å². The van der Waals surface area contributed by atoms with E-state index in [0.29, 0.717) is 18.8 Å². The van der Waals surface area contributed by atoms with Gasteiger partial charge in [-0.2, -0.15) is 0 Å². The molecule has 1 aliphatic rings. The maximum absolute atomic E-state index is 11.2. The molecule has 1 aliphatic heterocycles. The van der Waals surface area contributed by atoms with Crippen LogP contribution in [0.1, 0.15) is 6.42 Å². The minimum absolute atomic E-state index is 0.166. The predicted molar refractivity (Wildman–Crippen MR) is 64.9 cm³/mol. The molecule has 1 amide bonds. The zero-order valence-corrected chi connectivity index (χ0v) is 9.63. The number of nitrogens with one attached hydrogen (secondary N) is 1. The van der Waals surface area contributed by atoms with Crippen LogP contribution >= 0.6 is 0 Å². The molecule has 7 heteroatoms. The first-order chi connectivity index (χ1) is 8.60. The minimum atomic E-state index is -1.46.